The molecule has 3 heterocycles. The van der Waals surface area contributed by atoms with Crippen molar-refractivity contribution in [3.05, 3.63) is 19.2 Å². The smallest absolute Gasteiger partial charge is 0.264 e. The molecule has 0 saturated carbocycles. The Morgan fingerprint density at radius 2 is 2.21 bits per heavy atom. The second-order valence-electron chi connectivity index (χ2n) is 5.83. The summed E-state index contributed by atoms with van der Waals surface area (Å²) in [5.41, 5.74) is -0.0613. The predicted molar refractivity (Wildman–Crippen MR) is 84.7 cm³/mol. The van der Waals surface area contributed by atoms with E-state index in [0.717, 1.165) is 32.8 Å². The molecule has 104 valence electrons. The van der Waals surface area contributed by atoms with Gasteiger partial charge in [0, 0.05) is 29.6 Å². The van der Waals surface area contributed by atoms with Crippen molar-refractivity contribution >= 4 is 49.1 Å². The molecule has 2 aliphatic heterocycles. The van der Waals surface area contributed by atoms with Crippen LogP contribution in [0.1, 0.15) is 23.5 Å². The first-order chi connectivity index (χ1) is 8.91. The molecular formula is C13H16Br2N2OS. The predicted octanol–water partition coefficient (Wildman–Crippen LogP) is 3.34. The molecule has 0 spiro atoms. The Morgan fingerprint density at radius 3 is 2.79 bits per heavy atom. The highest BCUT2D eigenvalue weighted by Crippen LogP contribution is 2.42. The molecule has 2 saturated heterocycles. The molecule has 0 radical (unpaired) electrons. The summed E-state index contributed by atoms with van der Waals surface area (Å²) in [7, 11) is 0. The van der Waals surface area contributed by atoms with Crippen LogP contribution in [-0.4, -0.2) is 36.0 Å². The molecule has 0 aromatic carbocycles. The number of carbonyl (C=O) groups excluding carboxylic acids is 1. The molecule has 6 heteroatoms. The first-order valence-electron chi connectivity index (χ1n) is 6.38. The van der Waals surface area contributed by atoms with Crippen molar-refractivity contribution in [2.75, 3.05) is 19.6 Å². The Labute approximate surface area is 134 Å². The zero-order valence-electron chi connectivity index (χ0n) is 10.9. The Balaban J connectivity index is 1.88. The van der Waals surface area contributed by atoms with E-state index in [1.54, 1.807) is 0 Å². The number of rotatable bonds is 1. The van der Waals surface area contributed by atoms with Crippen LogP contribution >= 0.6 is 43.2 Å². The van der Waals surface area contributed by atoms with E-state index in [1.807, 2.05) is 6.07 Å². The van der Waals surface area contributed by atoms with E-state index in [2.05, 4.69) is 55.9 Å². The fourth-order valence-corrected chi connectivity index (χ4v) is 5.34. The van der Waals surface area contributed by atoms with Crippen molar-refractivity contribution in [2.45, 2.75) is 19.4 Å². The number of amides is 1. The Hall–Kier alpha value is 0.0900. The summed E-state index contributed by atoms with van der Waals surface area (Å²) in [6.45, 7) is 7.33. The number of hydrogen-bond donors (Lipinski definition) is 1. The lowest BCUT2D eigenvalue weighted by Gasteiger charge is -2.35. The van der Waals surface area contributed by atoms with Gasteiger partial charge in [-0.15, -0.1) is 11.3 Å². The van der Waals surface area contributed by atoms with Gasteiger partial charge in [0.25, 0.3) is 5.91 Å². The third-order valence-corrected chi connectivity index (χ3v) is 7.71. The summed E-state index contributed by atoms with van der Waals surface area (Å²) in [6, 6.07) is 1.92. The number of nitrogens with zero attached hydrogens (tertiary/aromatic N) is 1. The molecule has 3 rings (SSSR count). The zero-order valence-corrected chi connectivity index (χ0v) is 14.9. The topological polar surface area (TPSA) is 32.3 Å². The van der Waals surface area contributed by atoms with Crippen LogP contribution in [0.5, 0.6) is 0 Å². The molecule has 1 aromatic rings. The molecular weight excluding hydrogens is 392 g/mol. The fraction of sp³-hybridized carbons (Fsp3) is 0.615. The summed E-state index contributed by atoms with van der Waals surface area (Å²) in [5, 5.41) is 3.44. The van der Waals surface area contributed by atoms with Crippen LogP contribution in [0.4, 0.5) is 0 Å². The first-order valence-corrected chi connectivity index (χ1v) is 8.79. The van der Waals surface area contributed by atoms with E-state index < -0.39 is 0 Å². The van der Waals surface area contributed by atoms with Gasteiger partial charge in [0.2, 0.25) is 0 Å². The monoisotopic (exact) mass is 406 g/mol. The van der Waals surface area contributed by atoms with E-state index in [4.69, 9.17) is 0 Å². The van der Waals surface area contributed by atoms with Gasteiger partial charge in [0.1, 0.15) is 0 Å². The van der Waals surface area contributed by atoms with Gasteiger partial charge in [-0.2, -0.15) is 0 Å². The van der Waals surface area contributed by atoms with Crippen LogP contribution in [-0.2, 0) is 0 Å². The average Bonchev–Trinajstić information content (AvgIpc) is 2.98. The van der Waals surface area contributed by atoms with Gasteiger partial charge in [0.15, 0.2) is 0 Å². The highest BCUT2D eigenvalue weighted by atomic mass is 79.9. The van der Waals surface area contributed by atoms with Gasteiger partial charge in [-0.25, -0.2) is 0 Å². The zero-order chi connectivity index (χ0) is 13.8. The third kappa shape index (κ3) is 2.20. The maximum absolute atomic E-state index is 12.7. The van der Waals surface area contributed by atoms with Crippen LogP contribution in [0.2, 0.25) is 0 Å². The summed E-state index contributed by atoms with van der Waals surface area (Å²) >= 11 is 8.41. The molecule has 2 atom stereocenters. The van der Waals surface area contributed by atoms with E-state index in [-0.39, 0.29) is 11.4 Å². The Morgan fingerprint density at radius 1 is 1.47 bits per heavy atom. The molecule has 2 aliphatic rings. The molecule has 3 nitrogen and oxygen atoms in total. The molecule has 1 amide bonds. The van der Waals surface area contributed by atoms with Gasteiger partial charge in [0.05, 0.1) is 8.66 Å². The number of hydrogen-bond acceptors (Lipinski definition) is 3. The van der Waals surface area contributed by atoms with Gasteiger partial charge in [-0.05, 0) is 63.6 Å². The Bertz CT molecular complexity index is 509. The quantitative estimate of drug-likeness (QED) is 0.774. The average molecular weight is 408 g/mol. The lowest BCUT2D eigenvalue weighted by molar-refractivity contribution is 0.0608. The van der Waals surface area contributed by atoms with Crippen LogP contribution in [0.3, 0.4) is 0 Å². The van der Waals surface area contributed by atoms with Crippen molar-refractivity contribution in [1.82, 2.24) is 10.2 Å². The van der Waals surface area contributed by atoms with Crippen molar-refractivity contribution in [1.29, 1.82) is 0 Å². The summed E-state index contributed by atoms with van der Waals surface area (Å²) in [4.78, 5) is 15.6. The number of fused-ring (bicyclic) bond motifs is 1. The van der Waals surface area contributed by atoms with E-state index in [9.17, 15) is 4.79 Å². The second-order valence-corrected chi connectivity index (χ2v) is 9.05. The molecule has 1 N–H and O–H groups in total. The fourth-order valence-electron chi connectivity index (χ4n) is 3.35. The number of likely N-dealkylation sites (tertiary alicyclic amines) is 1. The van der Waals surface area contributed by atoms with Gasteiger partial charge >= 0.3 is 0 Å². The van der Waals surface area contributed by atoms with Crippen molar-refractivity contribution in [3.8, 4) is 0 Å². The summed E-state index contributed by atoms with van der Waals surface area (Å²) in [6.07, 6.45) is 0. The first kappa shape index (κ1) is 14.0. The molecule has 0 aliphatic carbocycles. The minimum atomic E-state index is -0.0613. The minimum Gasteiger partial charge on any atom is -0.332 e. The highest BCUT2D eigenvalue weighted by molar-refractivity contribution is 9.13. The molecule has 2 fully saturated rings. The normalized spacial score (nSPS) is 28.7. The lowest BCUT2D eigenvalue weighted by Crippen LogP contribution is -2.47. The number of carbonyl (C=O) groups is 1. The van der Waals surface area contributed by atoms with Crippen molar-refractivity contribution in [3.63, 3.8) is 0 Å². The van der Waals surface area contributed by atoms with E-state index >= 15 is 0 Å². The number of halogens is 2. The van der Waals surface area contributed by atoms with Crippen molar-refractivity contribution in [2.24, 2.45) is 11.8 Å². The summed E-state index contributed by atoms with van der Waals surface area (Å²) in [5.74, 6) is 1.34. The molecule has 2 unspecified atom stereocenters. The number of nitrogens with one attached hydrogen (secondary N) is 1. The molecule has 0 bridgehead atoms. The number of thiophene rings is 1. The summed E-state index contributed by atoms with van der Waals surface area (Å²) < 4.78 is 1.94. The van der Waals surface area contributed by atoms with Gasteiger partial charge in [-0.1, -0.05) is 0 Å². The maximum Gasteiger partial charge on any atom is 0.264 e. The third-order valence-electron chi connectivity index (χ3n) is 4.46. The van der Waals surface area contributed by atoms with E-state index in [1.165, 1.54) is 11.3 Å². The van der Waals surface area contributed by atoms with Crippen LogP contribution < -0.4 is 5.32 Å². The molecule has 19 heavy (non-hydrogen) atoms. The lowest BCUT2D eigenvalue weighted by atomic mass is 9.85. The minimum absolute atomic E-state index is 0.0613. The Kier molecular flexibility index (Phi) is 3.57. The van der Waals surface area contributed by atoms with Crippen LogP contribution in [0.25, 0.3) is 0 Å². The maximum atomic E-state index is 12.7. The van der Waals surface area contributed by atoms with Gasteiger partial charge < -0.3 is 10.2 Å². The standard InChI is InChI=1S/C13H16Br2N2OS/c1-13(2)8-5-16-4-7(8)6-17(13)12(18)10-3-9(14)11(15)19-10/h3,7-8,16H,4-6H2,1-2H3. The van der Waals surface area contributed by atoms with Crippen LogP contribution in [0, 0.1) is 11.8 Å². The van der Waals surface area contributed by atoms with E-state index in [0.29, 0.717) is 11.8 Å². The highest BCUT2D eigenvalue weighted by Gasteiger charge is 2.51. The largest absolute Gasteiger partial charge is 0.332 e. The molecule has 1 aromatic heterocycles. The van der Waals surface area contributed by atoms with Crippen LogP contribution in [0.15, 0.2) is 14.3 Å². The van der Waals surface area contributed by atoms with Gasteiger partial charge in [-0.3, -0.25) is 4.79 Å². The second kappa shape index (κ2) is 4.83. The SMILES string of the molecule is CC1(C)C2CNCC2CN1C(=O)c1cc(Br)c(Br)s1. The van der Waals surface area contributed by atoms with Crippen molar-refractivity contribution < 1.29 is 4.79 Å².